The first-order valence-corrected chi connectivity index (χ1v) is 11.1. The third kappa shape index (κ3) is 4.24. The molecule has 3 heterocycles. The van der Waals surface area contributed by atoms with Crippen LogP contribution in [0.25, 0.3) is 10.1 Å². The molecule has 8 nitrogen and oxygen atoms in total. The Morgan fingerprint density at radius 3 is 2.83 bits per heavy atom. The third-order valence-corrected chi connectivity index (χ3v) is 6.51. The predicted molar refractivity (Wildman–Crippen MR) is 118 cm³/mol. The number of thiophene rings is 1. The Balaban J connectivity index is 1.47. The maximum Gasteiger partial charge on any atom is 0.272 e. The molecule has 1 aromatic carbocycles. The van der Waals surface area contributed by atoms with Crippen LogP contribution in [0.15, 0.2) is 28.7 Å². The van der Waals surface area contributed by atoms with Gasteiger partial charge in [0.1, 0.15) is 0 Å². The van der Waals surface area contributed by atoms with E-state index in [0.29, 0.717) is 43.2 Å². The Morgan fingerprint density at radius 2 is 2.03 bits per heavy atom. The molecular weight excluding hydrogens is 470 g/mol. The lowest BCUT2D eigenvalue weighted by atomic mass is 10.0. The first-order valence-electron chi connectivity index (χ1n) is 9.49. The van der Waals surface area contributed by atoms with E-state index in [2.05, 4.69) is 36.8 Å². The number of carbonyl (C=O) groups is 3. The lowest BCUT2D eigenvalue weighted by Gasteiger charge is -2.26. The van der Waals surface area contributed by atoms with Crippen LogP contribution in [0, 0.1) is 0 Å². The van der Waals surface area contributed by atoms with Gasteiger partial charge in [-0.3, -0.25) is 19.5 Å². The molecule has 0 bridgehead atoms. The molecule has 0 radical (unpaired) electrons. The molecule has 0 saturated heterocycles. The van der Waals surface area contributed by atoms with Gasteiger partial charge in [-0.1, -0.05) is 15.9 Å². The summed E-state index contributed by atoms with van der Waals surface area (Å²) in [5, 5.41) is 13.5. The summed E-state index contributed by atoms with van der Waals surface area (Å²) in [7, 11) is 0. The Morgan fingerprint density at radius 1 is 1.23 bits per heavy atom. The highest BCUT2D eigenvalue weighted by Gasteiger charge is 2.29. The highest BCUT2D eigenvalue weighted by molar-refractivity contribution is 9.10. The summed E-state index contributed by atoms with van der Waals surface area (Å²) in [5.41, 5.74) is 1.92. The van der Waals surface area contributed by atoms with Crippen molar-refractivity contribution in [2.45, 2.75) is 19.9 Å². The summed E-state index contributed by atoms with van der Waals surface area (Å²) in [5.74, 6) is -0.515. The number of nitrogens with zero attached hydrogens (tertiary/aromatic N) is 2. The van der Waals surface area contributed by atoms with E-state index < -0.39 is 0 Å². The Kier molecular flexibility index (Phi) is 5.87. The van der Waals surface area contributed by atoms with Crippen molar-refractivity contribution in [3.05, 3.63) is 50.6 Å². The van der Waals surface area contributed by atoms with Crippen molar-refractivity contribution in [3.8, 4) is 0 Å². The highest BCUT2D eigenvalue weighted by Crippen LogP contribution is 2.30. The first kappa shape index (κ1) is 20.5. The molecule has 10 heteroatoms. The van der Waals surface area contributed by atoms with Crippen LogP contribution >= 0.6 is 27.3 Å². The fourth-order valence-electron chi connectivity index (χ4n) is 3.43. The van der Waals surface area contributed by atoms with Gasteiger partial charge >= 0.3 is 0 Å². The number of amides is 3. The van der Waals surface area contributed by atoms with Gasteiger partial charge in [-0.25, -0.2) is 0 Å². The predicted octanol–water partition coefficient (Wildman–Crippen LogP) is 2.45. The zero-order valence-corrected chi connectivity index (χ0v) is 18.7. The number of nitrogens with one attached hydrogen (secondary N) is 3. The Hall–Kier alpha value is -2.72. The number of hydrogen-bond acceptors (Lipinski definition) is 5. The molecule has 30 heavy (non-hydrogen) atoms. The number of aromatic amines is 1. The van der Waals surface area contributed by atoms with Crippen LogP contribution in [-0.2, 0) is 17.8 Å². The maximum atomic E-state index is 13.1. The molecule has 156 valence electrons. The number of benzene rings is 1. The van der Waals surface area contributed by atoms with Crippen LogP contribution in [0.4, 0.5) is 0 Å². The van der Waals surface area contributed by atoms with Crippen LogP contribution < -0.4 is 10.6 Å². The minimum atomic E-state index is -0.320. The zero-order valence-electron chi connectivity index (χ0n) is 16.3. The topological polar surface area (TPSA) is 107 Å². The molecule has 0 unspecified atom stereocenters. The van der Waals surface area contributed by atoms with Gasteiger partial charge in [0.25, 0.3) is 11.8 Å². The van der Waals surface area contributed by atoms with Crippen LogP contribution in [0.1, 0.15) is 38.3 Å². The van der Waals surface area contributed by atoms with Gasteiger partial charge < -0.3 is 15.5 Å². The van der Waals surface area contributed by atoms with E-state index in [9.17, 15) is 14.4 Å². The second-order valence-electron chi connectivity index (χ2n) is 7.04. The van der Waals surface area contributed by atoms with Gasteiger partial charge in [-0.15, -0.1) is 11.3 Å². The number of rotatable bonds is 5. The molecule has 0 atom stereocenters. The summed E-state index contributed by atoms with van der Waals surface area (Å²) in [4.78, 5) is 39.0. The summed E-state index contributed by atoms with van der Waals surface area (Å²) in [6, 6.07) is 7.86. The van der Waals surface area contributed by atoms with Gasteiger partial charge in [0.2, 0.25) is 5.91 Å². The van der Waals surface area contributed by atoms with E-state index in [-0.39, 0.29) is 17.7 Å². The fraction of sp³-hybridized carbons (Fsp3) is 0.300. The maximum absolute atomic E-state index is 13.1. The molecule has 0 fully saturated rings. The number of aromatic nitrogens is 2. The van der Waals surface area contributed by atoms with E-state index in [0.717, 1.165) is 25.8 Å². The molecule has 0 aliphatic carbocycles. The molecule has 3 aromatic rings. The van der Waals surface area contributed by atoms with Crippen molar-refractivity contribution in [1.29, 1.82) is 0 Å². The first-order chi connectivity index (χ1) is 14.4. The van der Waals surface area contributed by atoms with Crippen molar-refractivity contribution in [2.75, 3.05) is 19.6 Å². The Labute approximate surface area is 185 Å². The third-order valence-electron chi connectivity index (χ3n) is 4.91. The van der Waals surface area contributed by atoms with Crippen LogP contribution in [0.3, 0.4) is 0 Å². The largest absolute Gasteiger partial charge is 0.355 e. The normalized spacial score (nSPS) is 13.2. The summed E-state index contributed by atoms with van der Waals surface area (Å²) in [6.45, 7) is 2.97. The van der Waals surface area contributed by atoms with E-state index >= 15 is 0 Å². The second-order valence-corrected chi connectivity index (χ2v) is 9.04. The van der Waals surface area contributed by atoms with Crippen molar-refractivity contribution in [1.82, 2.24) is 25.7 Å². The minimum absolute atomic E-state index is 0.0452. The summed E-state index contributed by atoms with van der Waals surface area (Å²) in [6.07, 6.45) is 0.615. The van der Waals surface area contributed by atoms with Crippen LogP contribution in [0.5, 0.6) is 0 Å². The van der Waals surface area contributed by atoms with Crippen LogP contribution in [-0.4, -0.2) is 52.5 Å². The van der Waals surface area contributed by atoms with E-state index in [1.165, 1.54) is 18.3 Å². The molecule has 0 saturated carbocycles. The molecule has 1 aliphatic heterocycles. The van der Waals surface area contributed by atoms with Crippen molar-refractivity contribution >= 4 is 55.1 Å². The molecular formula is C20H20BrN5O3S. The van der Waals surface area contributed by atoms with Gasteiger partial charge in [-0.2, -0.15) is 5.10 Å². The monoisotopic (exact) mass is 489 g/mol. The summed E-state index contributed by atoms with van der Waals surface area (Å²) < 4.78 is 2.03. The summed E-state index contributed by atoms with van der Waals surface area (Å²) >= 11 is 4.93. The van der Waals surface area contributed by atoms with Crippen molar-refractivity contribution in [2.24, 2.45) is 0 Å². The SMILES string of the molecule is CC(=O)NCCNC(=O)c1n[nH]c2c1CN(C(=O)c1cc3cc(Br)ccc3s1)CC2. The number of hydrogen-bond donors (Lipinski definition) is 3. The standard InChI is InChI=1S/C20H20BrN5O3S/c1-11(27)22-5-6-23-19(28)18-14-10-26(7-4-15(14)24-25-18)20(29)17-9-12-8-13(21)2-3-16(12)30-17/h2-3,8-9H,4-7,10H2,1H3,(H,22,27)(H,23,28)(H,24,25). The number of fused-ring (bicyclic) bond motifs is 2. The number of halogens is 1. The molecule has 0 spiro atoms. The average Bonchev–Trinajstić information content (AvgIpc) is 3.33. The lowest BCUT2D eigenvalue weighted by molar-refractivity contribution is -0.118. The average molecular weight is 490 g/mol. The van der Waals surface area contributed by atoms with Crippen molar-refractivity contribution < 1.29 is 14.4 Å². The minimum Gasteiger partial charge on any atom is -0.355 e. The van der Waals surface area contributed by atoms with E-state index in [4.69, 9.17) is 0 Å². The lowest BCUT2D eigenvalue weighted by Crippen LogP contribution is -2.37. The van der Waals surface area contributed by atoms with Gasteiger partial charge in [-0.05, 0) is 29.7 Å². The number of H-pyrrole nitrogens is 1. The molecule has 2 aromatic heterocycles. The van der Waals surface area contributed by atoms with Gasteiger partial charge in [0, 0.05) is 53.4 Å². The molecule has 1 aliphatic rings. The highest BCUT2D eigenvalue weighted by atomic mass is 79.9. The van der Waals surface area contributed by atoms with Crippen LogP contribution in [0.2, 0.25) is 0 Å². The molecule has 4 rings (SSSR count). The quantitative estimate of drug-likeness (QED) is 0.478. The van der Waals surface area contributed by atoms with E-state index in [1.807, 2.05) is 24.3 Å². The second kappa shape index (κ2) is 8.57. The van der Waals surface area contributed by atoms with Gasteiger partial charge in [0.15, 0.2) is 5.69 Å². The zero-order chi connectivity index (χ0) is 21.3. The molecule has 3 amide bonds. The van der Waals surface area contributed by atoms with Gasteiger partial charge in [0.05, 0.1) is 11.4 Å². The smallest absolute Gasteiger partial charge is 0.272 e. The number of carbonyl (C=O) groups excluding carboxylic acids is 3. The Bertz CT molecular complexity index is 1140. The molecule has 3 N–H and O–H groups in total. The van der Waals surface area contributed by atoms with E-state index in [1.54, 1.807) is 4.90 Å². The van der Waals surface area contributed by atoms with Crippen molar-refractivity contribution in [3.63, 3.8) is 0 Å². The fourth-order valence-corrected chi connectivity index (χ4v) is 4.82.